The minimum absolute atomic E-state index is 0.337. The van der Waals surface area contributed by atoms with Crippen molar-refractivity contribution >= 4 is 50.7 Å². The molecule has 0 bridgehead atoms. The van der Waals surface area contributed by atoms with Crippen LogP contribution < -0.4 is 10.9 Å². The maximum atomic E-state index is 12.5. The monoisotopic (exact) mass is 405 g/mol. The summed E-state index contributed by atoms with van der Waals surface area (Å²) in [5, 5.41) is 4.31. The first kappa shape index (κ1) is 18.9. The number of esters is 1. The summed E-state index contributed by atoms with van der Waals surface area (Å²) in [6.45, 7) is 2.74. The second-order valence-electron chi connectivity index (χ2n) is 5.66. The van der Waals surface area contributed by atoms with Crippen LogP contribution >= 0.6 is 22.7 Å². The van der Waals surface area contributed by atoms with Crippen LogP contribution in [0.25, 0.3) is 10.2 Å². The Balaban J connectivity index is 1.59. The fourth-order valence-corrected chi connectivity index (χ4v) is 3.95. The van der Waals surface area contributed by atoms with Gasteiger partial charge < -0.3 is 4.74 Å². The smallest absolute Gasteiger partial charge is 0.326 e. The summed E-state index contributed by atoms with van der Waals surface area (Å²) < 4.78 is 5.98. The third-order valence-corrected chi connectivity index (χ3v) is 5.80. The lowest BCUT2D eigenvalue weighted by molar-refractivity contribution is -0.148. The summed E-state index contributed by atoms with van der Waals surface area (Å²) in [6, 6.07) is 3.26. The van der Waals surface area contributed by atoms with Crippen LogP contribution in [0, 0.1) is 13.8 Å². The van der Waals surface area contributed by atoms with Crippen molar-refractivity contribution in [2.24, 2.45) is 0 Å². The highest BCUT2D eigenvalue weighted by Crippen LogP contribution is 2.25. The molecule has 0 saturated heterocycles. The van der Waals surface area contributed by atoms with E-state index >= 15 is 0 Å². The maximum absolute atomic E-state index is 12.5. The van der Waals surface area contributed by atoms with Gasteiger partial charge in [-0.25, -0.2) is 4.98 Å². The zero-order valence-electron chi connectivity index (χ0n) is 14.5. The zero-order valence-corrected chi connectivity index (χ0v) is 16.1. The van der Waals surface area contributed by atoms with E-state index in [4.69, 9.17) is 4.74 Å². The van der Waals surface area contributed by atoms with Crippen molar-refractivity contribution in [2.75, 3.05) is 6.61 Å². The van der Waals surface area contributed by atoms with E-state index in [9.17, 15) is 19.2 Å². The number of aromatic nitrogens is 2. The van der Waals surface area contributed by atoms with Crippen molar-refractivity contribution in [3.8, 4) is 0 Å². The largest absolute Gasteiger partial charge is 0.454 e. The van der Waals surface area contributed by atoms with Crippen molar-refractivity contribution in [1.29, 1.82) is 0 Å². The predicted molar refractivity (Wildman–Crippen MR) is 101 cm³/mol. The number of aryl methyl sites for hydroxylation is 2. The van der Waals surface area contributed by atoms with Gasteiger partial charge in [0.15, 0.2) is 6.61 Å². The van der Waals surface area contributed by atoms with Gasteiger partial charge in [0.2, 0.25) is 0 Å². The molecule has 27 heavy (non-hydrogen) atoms. The third-order valence-electron chi connectivity index (χ3n) is 3.82. The average Bonchev–Trinajstić information content (AvgIpc) is 3.25. The van der Waals surface area contributed by atoms with Crippen molar-refractivity contribution in [3.63, 3.8) is 0 Å². The van der Waals surface area contributed by atoms with Gasteiger partial charge in [-0.15, -0.1) is 22.7 Å². The quantitative estimate of drug-likeness (QED) is 0.647. The molecule has 3 aromatic heterocycles. The lowest BCUT2D eigenvalue weighted by Crippen LogP contribution is -2.34. The second kappa shape index (κ2) is 7.80. The number of amides is 2. The molecule has 3 heterocycles. The number of rotatable bonds is 5. The van der Waals surface area contributed by atoms with Crippen LogP contribution in [0.3, 0.4) is 0 Å². The zero-order chi connectivity index (χ0) is 19.6. The van der Waals surface area contributed by atoms with Gasteiger partial charge >= 0.3 is 5.97 Å². The van der Waals surface area contributed by atoms with Gasteiger partial charge in [-0.05, 0) is 30.9 Å². The van der Waals surface area contributed by atoms with Gasteiger partial charge in [-0.3, -0.25) is 29.1 Å². The number of hydrogen-bond acceptors (Lipinski definition) is 8. The van der Waals surface area contributed by atoms with Gasteiger partial charge in [0, 0.05) is 4.88 Å². The molecule has 0 aliphatic rings. The molecule has 0 aliphatic heterocycles. The SMILES string of the molecule is Cc1sc2ncn(CC(=O)OCC(=O)NC(=O)c3cccs3)c(=O)c2c1C. The van der Waals surface area contributed by atoms with E-state index in [1.54, 1.807) is 17.5 Å². The molecule has 0 aliphatic carbocycles. The Morgan fingerprint density at radius 2 is 2.07 bits per heavy atom. The number of imide groups is 1. The van der Waals surface area contributed by atoms with Crippen LogP contribution in [0.15, 0.2) is 28.6 Å². The Bertz CT molecular complexity index is 1080. The van der Waals surface area contributed by atoms with E-state index in [-0.39, 0.29) is 12.1 Å². The van der Waals surface area contributed by atoms with Crippen LogP contribution in [0.5, 0.6) is 0 Å². The number of hydrogen-bond donors (Lipinski definition) is 1. The number of ether oxygens (including phenoxy) is 1. The molecule has 1 N–H and O–H groups in total. The number of carbonyl (C=O) groups is 3. The van der Waals surface area contributed by atoms with Gasteiger partial charge in [-0.1, -0.05) is 6.07 Å². The topological polar surface area (TPSA) is 107 Å². The molecule has 2 amide bonds. The lowest BCUT2D eigenvalue weighted by atomic mass is 10.2. The minimum Gasteiger partial charge on any atom is -0.454 e. The Morgan fingerprint density at radius 1 is 1.30 bits per heavy atom. The van der Waals surface area contributed by atoms with Crippen molar-refractivity contribution in [3.05, 3.63) is 49.5 Å². The molecule has 0 fully saturated rings. The van der Waals surface area contributed by atoms with Crippen LogP contribution in [0.2, 0.25) is 0 Å². The Kier molecular flexibility index (Phi) is 5.47. The second-order valence-corrected chi connectivity index (χ2v) is 7.81. The van der Waals surface area contributed by atoms with Gasteiger partial charge in [-0.2, -0.15) is 0 Å². The molecule has 0 atom stereocenters. The van der Waals surface area contributed by atoms with Crippen LogP contribution in [0.4, 0.5) is 0 Å². The molecular weight excluding hydrogens is 390 g/mol. The molecule has 0 unspecified atom stereocenters. The number of carbonyl (C=O) groups excluding carboxylic acids is 3. The summed E-state index contributed by atoms with van der Waals surface area (Å²) in [6.07, 6.45) is 1.28. The molecule has 0 saturated carbocycles. The van der Waals surface area contributed by atoms with E-state index in [1.807, 2.05) is 13.8 Å². The Hall–Kier alpha value is -2.85. The summed E-state index contributed by atoms with van der Waals surface area (Å²) in [5.41, 5.74) is 0.498. The van der Waals surface area contributed by atoms with Gasteiger partial charge in [0.1, 0.15) is 11.4 Å². The highest BCUT2D eigenvalue weighted by atomic mass is 32.1. The maximum Gasteiger partial charge on any atom is 0.326 e. The van der Waals surface area contributed by atoms with Crippen LogP contribution in [-0.2, 0) is 20.9 Å². The third kappa shape index (κ3) is 4.12. The molecule has 8 nitrogen and oxygen atoms in total. The summed E-state index contributed by atoms with van der Waals surface area (Å²) >= 11 is 2.60. The summed E-state index contributed by atoms with van der Waals surface area (Å²) in [7, 11) is 0. The van der Waals surface area contributed by atoms with E-state index in [0.717, 1.165) is 15.0 Å². The normalized spacial score (nSPS) is 10.7. The minimum atomic E-state index is -0.776. The Morgan fingerprint density at radius 3 is 2.78 bits per heavy atom. The molecule has 10 heteroatoms. The standard InChI is InChI=1S/C17H15N3O5S2/c1-9-10(2)27-16-14(9)17(24)20(8-18-16)6-13(22)25-7-12(21)19-15(23)11-4-3-5-26-11/h3-5,8H,6-7H2,1-2H3,(H,19,21,23). The highest BCUT2D eigenvalue weighted by molar-refractivity contribution is 7.18. The van der Waals surface area contributed by atoms with E-state index in [0.29, 0.717) is 15.1 Å². The van der Waals surface area contributed by atoms with E-state index in [1.165, 1.54) is 29.0 Å². The van der Waals surface area contributed by atoms with Gasteiger partial charge in [0.05, 0.1) is 16.6 Å². The first-order valence-corrected chi connectivity index (χ1v) is 9.55. The molecule has 140 valence electrons. The van der Waals surface area contributed by atoms with Crippen molar-refractivity contribution in [2.45, 2.75) is 20.4 Å². The highest BCUT2D eigenvalue weighted by Gasteiger charge is 2.16. The predicted octanol–water partition coefficient (Wildman–Crippen LogP) is 1.64. The summed E-state index contributed by atoms with van der Waals surface area (Å²) in [4.78, 5) is 54.1. The van der Waals surface area contributed by atoms with Crippen LogP contribution in [0.1, 0.15) is 20.1 Å². The lowest BCUT2D eigenvalue weighted by Gasteiger charge is -2.07. The number of thiophene rings is 2. The number of nitrogens with zero attached hydrogens (tertiary/aromatic N) is 2. The molecule has 3 rings (SSSR count). The molecule has 3 aromatic rings. The molecule has 0 aromatic carbocycles. The van der Waals surface area contributed by atoms with Crippen molar-refractivity contribution < 1.29 is 19.1 Å². The Labute approximate surface area is 161 Å². The fraction of sp³-hybridized carbons (Fsp3) is 0.235. The van der Waals surface area contributed by atoms with Gasteiger partial charge in [0.25, 0.3) is 17.4 Å². The summed E-state index contributed by atoms with van der Waals surface area (Å²) in [5.74, 6) is -2.08. The van der Waals surface area contributed by atoms with E-state index < -0.39 is 24.4 Å². The molecule has 0 radical (unpaired) electrons. The molecular formula is C17H15N3O5S2. The molecule has 0 spiro atoms. The fourth-order valence-electron chi connectivity index (χ4n) is 2.35. The average molecular weight is 405 g/mol. The first-order chi connectivity index (χ1) is 12.9. The van der Waals surface area contributed by atoms with Crippen molar-refractivity contribution in [1.82, 2.24) is 14.9 Å². The van der Waals surface area contributed by atoms with E-state index in [2.05, 4.69) is 10.3 Å². The first-order valence-electron chi connectivity index (χ1n) is 7.85. The number of nitrogens with one attached hydrogen (secondary N) is 1. The van der Waals surface area contributed by atoms with Crippen LogP contribution in [-0.4, -0.2) is 33.9 Å². The number of fused-ring (bicyclic) bond motifs is 1.